The molecule has 0 radical (unpaired) electrons. The lowest BCUT2D eigenvalue weighted by Gasteiger charge is -2.06. The van der Waals surface area contributed by atoms with E-state index in [9.17, 15) is 0 Å². The van der Waals surface area contributed by atoms with Crippen molar-refractivity contribution in [1.29, 1.82) is 0 Å². The smallest absolute Gasteiger partial charge is 0.0625 e. The van der Waals surface area contributed by atoms with Gasteiger partial charge in [0.05, 0.1) is 22.8 Å². The molecule has 82 valence electrons. The standard InChI is InChI=1S/C13H20N2/c1-4-9-7-12-13(8-9)15-11(6-3)10(5-2)14-12/h9H,4-8H2,1-3H3. The zero-order valence-corrected chi connectivity index (χ0v) is 10.0. The van der Waals surface area contributed by atoms with E-state index in [1.807, 2.05) is 0 Å². The fraction of sp³-hybridized carbons (Fsp3) is 0.692. The molecule has 0 aromatic carbocycles. The third-order valence-corrected chi connectivity index (χ3v) is 3.42. The highest BCUT2D eigenvalue weighted by atomic mass is 14.9. The summed E-state index contributed by atoms with van der Waals surface area (Å²) in [5.41, 5.74) is 4.98. The number of hydrogen-bond donors (Lipinski definition) is 0. The molecule has 0 saturated carbocycles. The lowest BCUT2D eigenvalue weighted by molar-refractivity contribution is 0.537. The van der Waals surface area contributed by atoms with E-state index in [-0.39, 0.29) is 0 Å². The van der Waals surface area contributed by atoms with Gasteiger partial charge in [-0.15, -0.1) is 0 Å². The van der Waals surface area contributed by atoms with E-state index in [1.54, 1.807) is 0 Å². The maximum atomic E-state index is 4.78. The molecule has 2 nitrogen and oxygen atoms in total. The van der Waals surface area contributed by atoms with Crippen molar-refractivity contribution in [3.63, 3.8) is 0 Å². The second-order valence-corrected chi connectivity index (χ2v) is 4.40. The van der Waals surface area contributed by atoms with Gasteiger partial charge in [-0.05, 0) is 31.6 Å². The van der Waals surface area contributed by atoms with E-state index in [0.29, 0.717) is 0 Å². The zero-order chi connectivity index (χ0) is 10.8. The van der Waals surface area contributed by atoms with Crippen molar-refractivity contribution in [2.24, 2.45) is 5.92 Å². The van der Waals surface area contributed by atoms with E-state index in [2.05, 4.69) is 20.8 Å². The van der Waals surface area contributed by atoms with Crippen LogP contribution in [0.25, 0.3) is 0 Å². The Bertz CT molecular complexity index is 325. The summed E-state index contributed by atoms with van der Waals surface area (Å²) in [6.45, 7) is 6.60. The van der Waals surface area contributed by atoms with Crippen LogP contribution in [-0.4, -0.2) is 9.97 Å². The first-order valence-electron chi connectivity index (χ1n) is 6.15. The summed E-state index contributed by atoms with van der Waals surface area (Å²) < 4.78 is 0. The fourth-order valence-corrected chi connectivity index (χ4v) is 2.38. The maximum Gasteiger partial charge on any atom is 0.0625 e. The van der Waals surface area contributed by atoms with Crippen LogP contribution in [0.4, 0.5) is 0 Å². The Morgan fingerprint density at radius 3 is 1.73 bits per heavy atom. The minimum atomic E-state index is 0.789. The van der Waals surface area contributed by atoms with E-state index in [0.717, 1.165) is 31.6 Å². The first-order valence-corrected chi connectivity index (χ1v) is 6.15. The number of rotatable bonds is 3. The summed E-state index contributed by atoms with van der Waals surface area (Å²) in [7, 11) is 0. The third kappa shape index (κ3) is 1.90. The van der Waals surface area contributed by atoms with E-state index in [1.165, 1.54) is 29.2 Å². The number of aromatic nitrogens is 2. The van der Waals surface area contributed by atoms with Gasteiger partial charge in [-0.25, -0.2) is 0 Å². The molecule has 1 aromatic rings. The van der Waals surface area contributed by atoms with Crippen LogP contribution in [0.15, 0.2) is 0 Å². The molecule has 1 aliphatic carbocycles. The molecule has 0 amide bonds. The zero-order valence-electron chi connectivity index (χ0n) is 10.0. The van der Waals surface area contributed by atoms with E-state index >= 15 is 0 Å². The topological polar surface area (TPSA) is 25.8 Å². The van der Waals surface area contributed by atoms with Crippen LogP contribution >= 0.6 is 0 Å². The molecule has 0 saturated heterocycles. The molecule has 1 aliphatic rings. The number of aryl methyl sites for hydroxylation is 2. The van der Waals surface area contributed by atoms with Gasteiger partial charge in [-0.2, -0.15) is 0 Å². The van der Waals surface area contributed by atoms with Gasteiger partial charge in [0.25, 0.3) is 0 Å². The minimum absolute atomic E-state index is 0.789. The van der Waals surface area contributed by atoms with Crippen LogP contribution in [-0.2, 0) is 25.7 Å². The molecule has 0 N–H and O–H groups in total. The molecule has 0 bridgehead atoms. The van der Waals surface area contributed by atoms with Gasteiger partial charge in [0.15, 0.2) is 0 Å². The summed E-state index contributed by atoms with van der Waals surface area (Å²) in [6, 6.07) is 0. The lowest BCUT2D eigenvalue weighted by atomic mass is 10.1. The minimum Gasteiger partial charge on any atom is -0.254 e. The number of fused-ring (bicyclic) bond motifs is 1. The molecule has 2 heteroatoms. The Hall–Kier alpha value is -0.920. The van der Waals surface area contributed by atoms with Crippen LogP contribution in [0.3, 0.4) is 0 Å². The third-order valence-electron chi connectivity index (χ3n) is 3.42. The molecule has 0 unspecified atom stereocenters. The van der Waals surface area contributed by atoms with Crippen LogP contribution in [0.5, 0.6) is 0 Å². The average molecular weight is 204 g/mol. The Labute approximate surface area is 92.1 Å². The highest BCUT2D eigenvalue weighted by Gasteiger charge is 2.23. The number of nitrogens with zero attached hydrogens (tertiary/aromatic N) is 2. The molecule has 0 aliphatic heterocycles. The SMILES string of the molecule is CCc1nc2c(nc1CC)CC(CC)C2. The highest BCUT2D eigenvalue weighted by molar-refractivity contribution is 5.25. The van der Waals surface area contributed by atoms with Crippen molar-refractivity contribution in [2.75, 3.05) is 0 Å². The fourth-order valence-electron chi connectivity index (χ4n) is 2.38. The quantitative estimate of drug-likeness (QED) is 0.756. The Kier molecular flexibility index (Phi) is 3.03. The first kappa shape index (κ1) is 10.6. The van der Waals surface area contributed by atoms with Crippen LogP contribution in [0.2, 0.25) is 0 Å². The summed E-state index contributed by atoms with van der Waals surface area (Å²) in [4.78, 5) is 9.56. The van der Waals surface area contributed by atoms with Gasteiger partial charge in [0.1, 0.15) is 0 Å². The van der Waals surface area contributed by atoms with Gasteiger partial charge in [-0.1, -0.05) is 27.2 Å². The molecule has 0 fully saturated rings. The van der Waals surface area contributed by atoms with Crippen molar-refractivity contribution in [3.05, 3.63) is 22.8 Å². The predicted molar refractivity (Wildman–Crippen MR) is 62.0 cm³/mol. The largest absolute Gasteiger partial charge is 0.254 e. The van der Waals surface area contributed by atoms with E-state index in [4.69, 9.17) is 9.97 Å². The molecule has 15 heavy (non-hydrogen) atoms. The van der Waals surface area contributed by atoms with Crippen molar-refractivity contribution >= 4 is 0 Å². The van der Waals surface area contributed by atoms with Crippen molar-refractivity contribution in [1.82, 2.24) is 9.97 Å². The second kappa shape index (κ2) is 4.30. The van der Waals surface area contributed by atoms with Gasteiger partial charge < -0.3 is 0 Å². The molecule has 2 rings (SSSR count). The maximum absolute atomic E-state index is 4.78. The normalized spacial score (nSPS) is 15.7. The Morgan fingerprint density at radius 1 is 0.933 bits per heavy atom. The van der Waals surface area contributed by atoms with Gasteiger partial charge in [0, 0.05) is 0 Å². The number of hydrogen-bond acceptors (Lipinski definition) is 2. The van der Waals surface area contributed by atoms with Gasteiger partial charge in [-0.3, -0.25) is 9.97 Å². The first-order chi connectivity index (χ1) is 7.28. The van der Waals surface area contributed by atoms with Crippen LogP contribution < -0.4 is 0 Å². The molecule has 0 spiro atoms. The van der Waals surface area contributed by atoms with Gasteiger partial charge >= 0.3 is 0 Å². The molecular formula is C13H20N2. The lowest BCUT2D eigenvalue weighted by Crippen LogP contribution is -2.04. The van der Waals surface area contributed by atoms with Crippen LogP contribution in [0.1, 0.15) is 50.0 Å². The molecule has 1 aromatic heterocycles. The molecule has 1 heterocycles. The van der Waals surface area contributed by atoms with Crippen molar-refractivity contribution in [3.8, 4) is 0 Å². The summed E-state index contributed by atoms with van der Waals surface area (Å²) in [5.74, 6) is 0.789. The summed E-state index contributed by atoms with van der Waals surface area (Å²) in [6.07, 6.45) is 5.58. The van der Waals surface area contributed by atoms with Crippen LogP contribution in [0, 0.1) is 5.92 Å². The highest BCUT2D eigenvalue weighted by Crippen LogP contribution is 2.27. The molecule has 0 atom stereocenters. The predicted octanol–water partition coefficient (Wildman–Crippen LogP) is 2.73. The van der Waals surface area contributed by atoms with Crippen molar-refractivity contribution in [2.45, 2.75) is 52.9 Å². The van der Waals surface area contributed by atoms with Crippen molar-refractivity contribution < 1.29 is 0 Å². The Balaban J connectivity index is 2.35. The summed E-state index contributed by atoms with van der Waals surface area (Å²) in [5, 5.41) is 0. The monoisotopic (exact) mass is 204 g/mol. The second-order valence-electron chi connectivity index (χ2n) is 4.40. The average Bonchev–Trinajstić information content (AvgIpc) is 2.68. The molecular weight excluding hydrogens is 184 g/mol. The summed E-state index contributed by atoms with van der Waals surface area (Å²) >= 11 is 0. The van der Waals surface area contributed by atoms with E-state index < -0.39 is 0 Å². The Morgan fingerprint density at radius 2 is 1.40 bits per heavy atom. The van der Waals surface area contributed by atoms with Gasteiger partial charge in [0.2, 0.25) is 0 Å².